The molecule has 1 unspecified atom stereocenters. The van der Waals surface area contributed by atoms with E-state index in [4.69, 9.17) is 4.74 Å². The minimum atomic E-state index is -0.692. The van der Waals surface area contributed by atoms with Crippen molar-refractivity contribution in [2.75, 3.05) is 12.4 Å². The molecule has 208 valence electrons. The fraction of sp³-hybridized carbons (Fsp3) is 0.226. The summed E-state index contributed by atoms with van der Waals surface area (Å²) in [6.45, 7) is 6.25. The van der Waals surface area contributed by atoms with Crippen molar-refractivity contribution >= 4 is 27.8 Å². The van der Waals surface area contributed by atoms with Crippen molar-refractivity contribution in [2.24, 2.45) is 5.41 Å². The number of aromatic amines is 2. The van der Waals surface area contributed by atoms with Gasteiger partial charge in [0.25, 0.3) is 0 Å². The van der Waals surface area contributed by atoms with Gasteiger partial charge in [0.1, 0.15) is 29.1 Å². The largest absolute Gasteiger partial charge is 0.497 e. The lowest BCUT2D eigenvalue weighted by Crippen LogP contribution is -2.25. The van der Waals surface area contributed by atoms with Crippen LogP contribution in [0.3, 0.4) is 0 Å². The third kappa shape index (κ3) is 5.46. The maximum atomic E-state index is 14.3. The molecule has 0 aliphatic carbocycles. The number of halogens is 1. The van der Waals surface area contributed by atoms with Crippen LogP contribution in [-0.2, 0) is 0 Å². The number of ether oxygens (including phenoxy) is 1. The van der Waals surface area contributed by atoms with Crippen LogP contribution in [0.2, 0.25) is 0 Å². The first-order valence-electron chi connectivity index (χ1n) is 13.2. The highest BCUT2D eigenvalue weighted by molar-refractivity contribution is 6.00. The molecule has 6 aromatic rings. The normalized spacial score (nSPS) is 12.6. The van der Waals surface area contributed by atoms with E-state index >= 15 is 0 Å². The lowest BCUT2D eigenvalue weighted by Gasteiger charge is -2.23. The van der Waals surface area contributed by atoms with Gasteiger partial charge in [0.15, 0.2) is 5.65 Å². The molecule has 5 aromatic heterocycles. The van der Waals surface area contributed by atoms with Gasteiger partial charge in [-0.1, -0.05) is 20.8 Å². The molecule has 1 aromatic carbocycles. The Labute approximate surface area is 235 Å². The van der Waals surface area contributed by atoms with Gasteiger partial charge in [-0.15, -0.1) is 0 Å². The topological polar surface area (TPSA) is 125 Å². The molecule has 9 nitrogen and oxygen atoms in total. The molecule has 0 spiro atoms. The van der Waals surface area contributed by atoms with E-state index in [2.05, 4.69) is 56.2 Å². The molecule has 0 amide bonds. The zero-order valence-electron chi connectivity index (χ0n) is 23.2. The minimum absolute atomic E-state index is 0.0207. The standard InChI is InChI=1S/C31H30FN7O2/c1-31(2,3)13-27(40)36-21-8-18(14-33-16-21)19-10-25-28(38-39-30(25)35-15-19)26-12-24-23(5-6-34-29(24)37-26)17-7-20(32)11-22(9-17)41-4/h5-12,14-16,27,36,40H,13H2,1-4H3,(H,34,37)(H,35,38,39). The third-order valence-electron chi connectivity index (χ3n) is 6.83. The quantitative estimate of drug-likeness (QED) is 0.166. The predicted octanol–water partition coefficient (Wildman–Crippen LogP) is 6.54. The van der Waals surface area contributed by atoms with Crippen molar-refractivity contribution in [3.05, 3.63) is 73.1 Å². The number of nitrogens with zero attached hydrogens (tertiary/aromatic N) is 4. The molecule has 0 aliphatic rings. The number of nitrogens with one attached hydrogen (secondary N) is 3. The van der Waals surface area contributed by atoms with Crippen molar-refractivity contribution < 1.29 is 14.2 Å². The summed E-state index contributed by atoms with van der Waals surface area (Å²) >= 11 is 0. The van der Waals surface area contributed by atoms with Crippen molar-refractivity contribution in [3.63, 3.8) is 0 Å². The third-order valence-corrected chi connectivity index (χ3v) is 6.83. The first kappa shape index (κ1) is 26.4. The van der Waals surface area contributed by atoms with E-state index in [0.29, 0.717) is 34.7 Å². The highest BCUT2D eigenvalue weighted by Gasteiger charge is 2.18. The molecule has 6 rings (SSSR count). The Morgan fingerprint density at radius 2 is 1.78 bits per heavy atom. The average Bonchev–Trinajstić information content (AvgIpc) is 3.55. The van der Waals surface area contributed by atoms with Crippen molar-refractivity contribution in [3.8, 4) is 39.4 Å². The monoisotopic (exact) mass is 551 g/mol. The molecule has 0 saturated heterocycles. The Bertz CT molecular complexity index is 1870. The number of rotatable bonds is 7. The van der Waals surface area contributed by atoms with E-state index in [1.165, 1.54) is 19.2 Å². The minimum Gasteiger partial charge on any atom is -0.497 e. The zero-order chi connectivity index (χ0) is 28.7. The molecule has 0 radical (unpaired) electrons. The molecule has 0 bridgehead atoms. The second kappa shape index (κ2) is 10.3. The van der Waals surface area contributed by atoms with E-state index in [1.807, 2.05) is 24.3 Å². The summed E-state index contributed by atoms with van der Waals surface area (Å²) in [7, 11) is 1.51. The number of fused-ring (bicyclic) bond motifs is 2. The smallest absolute Gasteiger partial charge is 0.155 e. The van der Waals surface area contributed by atoms with E-state index in [0.717, 1.165) is 38.8 Å². The summed E-state index contributed by atoms with van der Waals surface area (Å²) in [6.07, 6.45) is 6.80. The number of aliphatic hydroxyl groups is 1. The number of methoxy groups -OCH3 is 1. The van der Waals surface area contributed by atoms with Gasteiger partial charge in [-0.25, -0.2) is 14.4 Å². The lowest BCUT2D eigenvalue weighted by atomic mass is 9.91. The molecule has 1 atom stereocenters. The van der Waals surface area contributed by atoms with Gasteiger partial charge in [0, 0.05) is 46.6 Å². The first-order chi connectivity index (χ1) is 19.7. The summed E-state index contributed by atoms with van der Waals surface area (Å²) in [5, 5.41) is 22.8. The molecule has 5 heterocycles. The van der Waals surface area contributed by atoms with Crippen LogP contribution >= 0.6 is 0 Å². The Hall–Kier alpha value is -4.83. The molecule has 10 heteroatoms. The van der Waals surface area contributed by atoms with Gasteiger partial charge in [-0.2, -0.15) is 5.10 Å². The lowest BCUT2D eigenvalue weighted by molar-refractivity contribution is 0.145. The number of aromatic nitrogens is 6. The van der Waals surface area contributed by atoms with Crippen LogP contribution in [0, 0.1) is 11.2 Å². The van der Waals surface area contributed by atoms with Crippen LogP contribution in [-0.4, -0.2) is 48.6 Å². The van der Waals surface area contributed by atoms with E-state index in [9.17, 15) is 9.50 Å². The average molecular weight is 552 g/mol. The number of pyridine rings is 3. The summed E-state index contributed by atoms with van der Waals surface area (Å²) in [5.41, 5.74) is 6.60. The molecule has 0 fully saturated rings. The van der Waals surface area contributed by atoms with Gasteiger partial charge in [-0.05, 0) is 59.4 Å². The second-order valence-electron chi connectivity index (χ2n) is 11.3. The Balaban J connectivity index is 1.37. The van der Waals surface area contributed by atoms with Gasteiger partial charge in [-0.3, -0.25) is 10.1 Å². The summed E-state index contributed by atoms with van der Waals surface area (Å²) in [6, 6.07) is 12.4. The first-order valence-corrected chi connectivity index (χ1v) is 13.2. The molecule has 4 N–H and O–H groups in total. The van der Waals surface area contributed by atoms with Gasteiger partial charge in [0.05, 0.1) is 24.7 Å². The summed E-state index contributed by atoms with van der Waals surface area (Å²) in [4.78, 5) is 16.8. The molecular weight excluding hydrogens is 521 g/mol. The molecule has 41 heavy (non-hydrogen) atoms. The fourth-order valence-corrected chi connectivity index (χ4v) is 5.01. The van der Waals surface area contributed by atoms with Gasteiger partial charge < -0.3 is 20.1 Å². The van der Waals surface area contributed by atoms with Crippen LogP contribution in [0.1, 0.15) is 27.2 Å². The fourth-order valence-electron chi connectivity index (χ4n) is 5.01. The number of benzene rings is 1. The Morgan fingerprint density at radius 1 is 0.951 bits per heavy atom. The number of aliphatic hydroxyl groups excluding tert-OH is 1. The van der Waals surface area contributed by atoms with Gasteiger partial charge in [0.2, 0.25) is 0 Å². The van der Waals surface area contributed by atoms with Crippen LogP contribution in [0.25, 0.3) is 55.7 Å². The highest BCUT2D eigenvalue weighted by atomic mass is 19.1. The number of anilines is 1. The van der Waals surface area contributed by atoms with Crippen molar-refractivity contribution in [1.82, 2.24) is 30.1 Å². The SMILES string of the molecule is COc1cc(F)cc(-c2ccnc3[nH]c(-c4n[nH]c5ncc(-c6cncc(NC(O)CC(C)(C)C)c6)cc45)cc23)c1. The number of hydrogen-bond donors (Lipinski definition) is 4. The summed E-state index contributed by atoms with van der Waals surface area (Å²) in [5.74, 6) is 0.0598. The van der Waals surface area contributed by atoms with E-state index in [1.54, 1.807) is 30.9 Å². The van der Waals surface area contributed by atoms with Crippen LogP contribution in [0.5, 0.6) is 5.75 Å². The second-order valence-corrected chi connectivity index (χ2v) is 11.3. The number of H-pyrrole nitrogens is 2. The maximum absolute atomic E-state index is 14.3. The van der Waals surface area contributed by atoms with Crippen LogP contribution in [0.4, 0.5) is 10.1 Å². The molecule has 0 saturated carbocycles. The molecule has 0 aliphatic heterocycles. The maximum Gasteiger partial charge on any atom is 0.155 e. The summed E-state index contributed by atoms with van der Waals surface area (Å²) < 4.78 is 19.6. The van der Waals surface area contributed by atoms with Crippen LogP contribution < -0.4 is 10.1 Å². The highest BCUT2D eigenvalue weighted by Crippen LogP contribution is 2.35. The van der Waals surface area contributed by atoms with Crippen molar-refractivity contribution in [2.45, 2.75) is 33.4 Å². The Morgan fingerprint density at radius 3 is 2.59 bits per heavy atom. The molecular formula is C31H30FN7O2. The van der Waals surface area contributed by atoms with E-state index < -0.39 is 6.23 Å². The predicted molar refractivity (Wildman–Crippen MR) is 158 cm³/mol. The zero-order valence-corrected chi connectivity index (χ0v) is 23.2. The van der Waals surface area contributed by atoms with Gasteiger partial charge >= 0.3 is 0 Å². The number of hydrogen-bond acceptors (Lipinski definition) is 7. The van der Waals surface area contributed by atoms with Crippen LogP contribution in [0.15, 0.2) is 67.3 Å². The van der Waals surface area contributed by atoms with Crippen molar-refractivity contribution in [1.29, 1.82) is 0 Å². The Kier molecular flexibility index (Phi) is 6.63. The van der Waals surface area contributed by atoms with E-state index in [-0.39, 0.29) is 11.2 Å².